The van der Waals surface area contributed by atoms with Crippen LogP contribution in [0.1, 0.15) is 0 Å². The van der Waals surface area contributed by atoms with Crippen molar-refractivity contribution in [3.8, 4) is 11.4 Å². The van der Waals surface area contributed by atoms with E-state index in [9.17, 15) is 0 Å². The molecule has 0 bridgehead atoms. The van der Waals surface area contributed by atoms with Crippen LogP contribution in [0.4, 0.5) is 11.6 Å². The van der Waals surface area contributed by atoms with E-state index in [4.69, 9.17) is 18.9 Å². The molecule has 27 heavy (non-hydrogen) atoms. The third-order valence-electron chi connectivity index (χ3n) is 4.83. The Hall–Kier alpha value is -2.78. The van der Waals surface area contributed by atoms with E-state index >= 15 is 0 Å². The number of rotatable bonds is 3. The number of nitrogens with zero attached hydrogens (tertiary/aromatic N) is 6. The SMILES string of the molecule is c1nc2nc(-c3ccc(N4CCOCC4)nc3)nc(N3CCOCC3)c2o1. The summed E-state index contributed by atoms with van der Waals surface area (Å²) in [6.07, 6.45) is 3.22. The van der Waals surface area contributed by atoms with E-state index in [2.05, 4.69) is 24.8 Å². The predicted molar refractivity (Wildman–Crippen MR) is 98.9 cm³/mol. The first-order valence-electron chi connectivity index (χ1n) is 9.11. The highest BCUT2D eigenvalue weighted by Crippen LogP contribution is 2.28. The summed E-state index contributed by atoms with van der Waals surface area (Å²) in [5.41, 5.74) is 2.02. The summed E-state index contributed by atoms with van der Waals surface area (Å²) in [4.78, 5) is 22.5. The van der Waals surface area contributed by atoms with Crippen LogP contribution in [0.3, 0.4) is 0 Å². The Morgan fingerprint density at radius 2 is 1.56 bits per heavy atom. The summed E-state index contributed by atoms with van der Waals surface area (Å²) in [6, 6.07) is 4.01. The van der Waals surface area contributed by atoms with Gasteiger partial charge in [0.25, 0.3) is 0 Å². The first kappa shape index (κ1) is 16.4. The van der Waals surface area contributed by atoms with Crippen LogP contribution in [0.5, 0.6) is 0 Å². The van der Waals surface area contributed by atoms with Crippen molar-refractivity contribution in [3.05, 3.63) is 24.7 Å². The van der Waals surface area contributed by atoms with Crippen molar-refractivity contribution >= 4 is 22.9 Å². The minimum atomic E-state index is 0.554. The second-order valence-electron chi connectivity index (χ2n) is 6.48. The second kappa shape index (κ2) is 7.09. The van der Waals surface area contributed by atoms with Crippen LogP contribution in [-0.2, 0) is 9.47 Å². The normalized spacial score (nSPS) is 18.2. The van der Waals surface area contributed by atoms with Crippen LogP contribution in [0.25, 0.3) is 22.6 Å². The van der Waals surface area contributed by atoms with E-state index in [0.29, 0.717) is 30.3 Å². The molecule has 3 aromatic heterocycles. The molecule has 9 heteroatoms. The van der Waals surface area contributed by atoms with Gasteiger partial charge in [0.05, 0.1) is 26.4 Å². The molecule has 0 atom stereocenters. The van der Waals surface area contributed by atoms with Crippen molar-refractivity contribution in [2.45, 2.75) is 0 Å². The lowest BCUT2D eigenvalue weighted by Gasteiger charge is -2.28. The number of hydrogen-bond acceptors (Lipinski definition) is 9. The molecule has 9 nitrogen and oxygen atoms in total. The highest BCUT2D eigenvalue weighted by Gasteiger charge is 2.21. The van der Waals surface area contributed by atoms with E-state index in [-0.39, 0.29) is 0 Å². The maximum Gasteiger partial charge on any atom is 0.215 e. The highest BCUT2D eigenvalue weighted by atomic mass is 16.5. The molecule has 0 spiro atoms. The zero-order valence-corrected chi connectivity index (χ0v) is 14.9. The molecule has 0 aromatic carbocycles. The molecule has 5 rings (SSSR count). The number of aromatic nitrogens is 4. The zero-order valence-electron chi connectivity index (χ0n) is 14.9. The predicted octanol–water partition coefficient (Wildman–Crippen LogP) is 1.35. The topological polar surface area (TPSA) is 89.6 Å². The monoisotopic (exact) mass is 368 g/mol. The summed E-state index contributed by atoms with van der Waals surface area (Å²) < 4.78 is 16.4. The number of pyridine rings is 1. The Balaban J connectivity index is 1.49. The molecule has 3 aromatic rings. The van der Waals surface area contributed by atoms with Gasteiger partial charge in [-0.15, -0.1) is 0 Å². The first-order chi connectivity index (χ1) is 13.4. The van der Waals surface area contributed by atoms with Crippen LogP contribution >= 0.6 is 0 Å². The van der Waals surface area contributed by atoms with Gasteiger partial charge in [-0.3, -0.25) is 0 Å². The van der Waals surface area contributed by atoms with Gasteiger partial charge in [0, 0.05) is 37.9 Å². The number of morpholine rings is 2. The highest BCUT2D eigenvalue weighted by molar-refractivity contribution is 5.83. The maximum atomic E-state index is 5.54. The fourth-order valence-electron chi connectivity index (χ4n) is 3.37. The lowest BCUT2D eigenvalue weighted by atomic mass is 10.2. The molecule has 0 aliphatic carbocycles. The van der Waals surface area contributed by atoms with Gasteiger partial charge in [-0.05, 0) is 12.1 Å². The van der Waals surface area contributed by atoms with E-state index in [1.807, 2.05) is 18.3 Å². The van der Waals surface area contributed by atoms with Crippen LogP contribution in [-0.4, -0.2) is 72.5 Å². The van der Waals surface area contributed by atoms with Crippen LogP contribution < -0.4 is 9.80 Å². The van der Waals surface area contributed by atoms with Crippen molar-refractivity contribution in [1.82, 2.24) is 19.9 Å². The van der Waals surface area contributed by atoms with E-state index in [1.165, 1.54) is 6.39 Å². The number of ether oxygens (including phenoxy) is 2. The molecule has 0 N–H and O–H groups in total. The van der Waals surface area contributed by atoms with Crippen LogP contribution in [0, 0.1) is 0 Å². The smallest absolute Gasteiger partial charge is 0.215 e. The van der Waals surface area contributed by atoms with E-state index < -0.39 is 0 Å². The largest absolute Gasteiger partial charge is 0.438 e. The minimum Gasteiger partial charge on any atom is -0.438 e. The van der Waals surface area contributed by atoms with Crippen molar-refractivity contribution in [1.29, 1.82) is 0 Å². The van der Waals surface area contributed by atoms with Gasteiger partial charge >= 0.3 is 0 Å². The van der Waals surface area contributed by atoms with Gasteiger partial charge in [0.1, 0.15) is 5.82 Å². The standard InChI is InChI=1S/C18H20N6O3/c1-2-14(23-3-7-25-8-4-23)19-11-13(1)16-21-17-15(27-12-20-17)18(22-16)24-5-9-26-10-6-24/h1-2,11-12H,3-10H2. The maximum absolute atomic E-state index is 5.54. The van der Waals surface area contributed by atoms with Crippen molar-refractivity contribution < 1.29 is 13.9 Å². The molecule has 0 amide bonds. The molecule has 0 saturated carbocycles. The Bertz CT molecular complexity index is 916. The van der Waals surface area contributed by atoms with E-state index in [0.717, 1.165) is 56.6 Å². The molecule has 2 aliphatic heterocycles. The summed E-state index contributed by atoms with van der Waals surface area (Å²) in [5, 5.41) is 0. The molecule has 2 aliphatic rings. The van der Waals surface area contributed by atoms with Gasteiger partial charge in [-0.25, -0.2) is 15.0 Å². The van der Waals surface area contributed by atoms with Crippen molar-refractivity contribution in [2.24, 2.45) is 0 Å². The fourth-order valence-corrected chi connectivity index (χ4v) is 3.37. The third kappa shape index (κ3) is 3.19. The second-order valence-corrected chi connectivity index (χ2v) is 6.48. The summed E-state index contributed by atoms with van der Waals surface area (Å²) >= 11 is 0. The van der Waals surface area contributed by atoms with Gasteiger partial charge in [0.15, 0.2) is 18.0 Å². The average Bonchev–Trinajstić information content (AvgIpc) is 3.23. The fraction of sp³-hybridized carbons (Fsp3) is 0.444. The minimum absolute atomic E-state index is 0.554. The summed E-state index contributed by atoms with van der Waals surface area (Å²) in [6.45, 7) is 6.05. The number of fused-ring (bicyclic) bond motifs is 1. The van der Waals surface area contributed by atoms with Gasteiger partial charge < -0.3 is 23.7 Å². The number of hydrogen-bond donors (Lipinski definition) is 0. The summed E-state index contributed by atoms with van der Waals surface area (Å²) in [7, 11) is 0. The van der Waals surface area contributed by atoms with Crippen molar-refractivity contribution in [3.63, 3.8) is 0 Å². The van der Waals surface area contributed by atoms with Crippen LogP contribution in [0.15, 0.2) is 29.1 Å². The van der Waals surface area contributed by atoms with Crippen LogP contribution in [0.2, 0.25) is 0 Å². The summed E-state index contributed by atoms with van der Waals surface area (Å²) in [5.74, 6) is 2.30. The molecule has 2 fully saturated rings. The van der Waals surface area contributed by atoms with Gasteiger partial charge in [-0.2, -0.15) is 4.98 Å². The Kier molecular flexibility index (Phi) is 4.30. The van der Waals surface area contributed by atoms with Gasteiger partial charge in [-0.1, -0.05) is 0 Å². The molecular formula is C18H20N6O3. The zero-order chi connectivity index (χ0) is 18.1. The molecule has 2 saturated heterocycles. The van der Waals surface area contributed by atoms with E-state index in [1.54, 1.807) is 0 Å². The molecule has 0 unspecified atom stereocenters. The third-order valence-corrected chi connectivity index (χ3v) is 4.83. The average molecular weight is 368 g/mol. The Morgan fingerprint density at radius 3 is 2.26 bits per heavy atom. The van der Waals surface area contributed by atoms with Crippen molar-refractivity contribution in [2.75, 3.05) is 62.4 Å². The quantitative estimate of drug-likeness (QED) is 0.679. The number of anilines is 2. The lowest BCUT2D eigenvalue weighted by molar-refractivity contribution is 0.122. The molecule has 140 valence electrons. The molecule has 0 radical (unpaired) electrons. The lowest BCUT2D eigenvalue weighted by Crippen LogP contribution is -2.37. The Labute approximate surface area is 155 Å². The van der Waals surface area contributed by atoms with Gasteiger partial charge in [0.2, 0.25) is 11.2 Å². The molecular weight excluding hydrogens is 348 g/mol. The number of oxazole rings is 1. The Morgan fingerprint density at radius 1 is 0.815 bits per heavy atom. The molecule has 5 heterocycles. The first-order valence-corrected chi connectivity index (χ1v) is 9.11.